The summed E-state index contributed by atoms with van der Waals surface area (Å²) < 4.78 is 38.6. The molecule has 0 atom stereocenters. The van der Waals surface area contributed by atoms with E-state index in [1.807, 2.05) is 6.07 Å². The van der Waals surface area contributed by atoms with E-state index in [1.165, 1.54) is 39.7 Å². The number of aromatic nitrogens is 1. The third kappa shape index (κ3) is 4.63. The van der Waals surface area contributed by atoms with Crippen LogP contribution in [0.3, 0.4) is 0 Å². The number of sulfonamides is 1. The van der Waals surface area contributed by atoms with Crippen LogP contribution in [0.5, 0.6) is 0 Å². The van der Waals surface area contributed by atoms with Crippen molar-refractivity contribution < 1.29 is 22.4 Å². The monoisotopic (exact) mass is 493 g/mol. The Morgan fingerprint density at radius 2 is 1.77 bits per heavy atom. The number of pyridine rings is 1. The van der Waals surface area contributed by atoms with E-state index in [4.69, 9.17) is 9.15 Å². The van der Waals surface area contributed by atoms with Gasteiger partial charge in [-0.05, 0) is 42.5 Å². The minimum Gasteiger partial charge on any atom is -0.467 e. The zero-order valence-electron chi connectivity index (χ0n) is 18.7. The molecule has 9 nitrogen and oxygen atoms in total. The van der Waals surface area contributed by atoms with Gasteiger partial charge in [0.2, 0.25) is 15.6 Å². The highest BCUT2D eigenvalue weighted by Crippen LogP contribution is 2.26. The normalized spacial score (nSPS) is 14.7. The van der Waals surface area contributed by atoms with Crippen LogP contribution in [-0.2, 0) is 21.3 Å². The maximum absolute atomic E-state index is 13.9. The third-order valence-corrected chi connectivity index (χ3v) is 7.75. The minimum atomic E-state index is -3.80. The fourth-order valence-corrected chi connectivity index (χ4v) is 5.53. The first kappa shape index (κ1) is 23.0. The fraction of sp³-hybridized carbons (Fsp3) is 0.200. The van der Waals surface area contributed by atoms with Crippen molar-refractivity contribution in [1.29, 1.82) is 0 Å². The number of aromatic amines is 1. The van der Waals surface area contributed by atoms with E-state index >= 15 is 0 Å². The van der Waals surface area contributed by atoms with Crippen LogP contribution >= 0.6 is 0 Å². The highest BCUT2D eigenvalue weighted by molar-refractivity contribution is 7.89. The summed E-state index contributed by atoms with van der Waals surface area (Å²) in [5, 5.41) is 0.337. The van der Waals surface area contributed by atoms with Gasteiger partial charge in [0.1, 0.15) is 5.76 Å². The van der Waals surface area contributed by atoms with E-state index in [-0.39, 0.29) is 30.1 Å². The summed E-state index contributed by atoms with van der Waals surface area (Å²) in [4.78, 5) is 30.5. The lowest BCUT2D eigenvalue weighted by atomic mass is 10.1. The van der Waals surface area contributed by atoms with Gasteiger partial charge in [0, 0.05) is 35.7 Å². The molecule has 2 aromatic heterocycles. The number of hydrogen-bond acceptors (Lipinski definition) is 6. The Morgan fingerprint density at radius 3 is 2.49 bits per heavy atom. The van der Waals surface area contributed by atoms with E-state index < -0.39 is 21.5 Å². The maximum atomic E-state index is 13.9. The van der Waals surface area contributed by atoms with Crippen molar-refractivity contribution >= 4 is 32.5 Å². The van der Waals surface area contributed by atoms with Gasteiger partial charge < -0.3 is 19.0 Å². The highest BCUT2D eigenvalue weighted by Gasteiger charge is 2.28. The number of hydrogen-bond donors (Lipinski definition) is 1. The fourth-order valence-electron chi connectivity index (χ4n) is 4.10. The molecule has 10 heteroatoms. The average molecular weight is 494 g/mol. The zero-order chi connectivity index (χ0) is 24.4. The largest absolute Gasteiger partial charge is 0.467 e. The van der Waals surface area contributed by atoms with Crippen LogP contribution in [0, 0.1) is 0 Å². The molecule has 35 heavy (non-hydrogen) atoms. The van der Waals surface area contributed by atoms with Crippen LogP contribution in [-0.4, -0.2) is 49.9 Å². The molecule has 180 valence electrons. The van der Waals surface area contributed by atoms with Crippen molar-refractivity contribution in [3.8, 4) is 0 Å². The van der Waals surface area contributed by atoms with E-state index in [0.29, 0.717) is 35.6 Å². The molecule has 1 aliphatic heterocycles. The van der Waals surface area contributed by atoms with Crippen molar-refractivity contribution in [3.05, 3.63) is 94.7 Å². The van der Waals surface area contributed by atoms with Crippen molar-refractivity contribution in [2.75, 3.05) is 31.2 Å². The predicted octanol–water partition coefficient (Wildman–Crippen LogP) is 2.99. The molecule has 1 fully saturated rings. The SMILES string of the molecule is O=C(c1cc(=O)[nH]c2ccc(S(=O)(=O)N3CCOCC3)cc12)N(Cc1ccco1)c1ccccc1. The van der Waals surface area contributed by atoms with Gasteiger partial charge in [0.15, 0.2) is 0 Å². The number of morpholine rings is 1. The van der Waals surface area contributed by atoms with Crippen molar-refractivity contribution in [1.82, 2.24) is 9.29 Å². The molecule has 0 spiro atoms. The minimum absolute atomic E-state index is 0.0466. The summed E-state index contributed by atoms with van der Waals surface area (Å²) in [6.45, 7) is 1.28. The highest BCUT2D eigenvalue weighted by atomic mass is 32.2. The van der Waals surface area contributed by atoms with Crippen LogP contribution in [0.4, 0.5) is 5.69 Å². The number of anilines is 1. The molecule has 0 unspecified atom stereocenters. The topological polar surface area (TPSA) is 113 Å². The number of ether oxygens (including phenoxy) is 1. The molecule has 1 saturated heterocycles. The number of furan rings is 1. The molecule has 0 radical (unpaired) electrons. The molecule has 0 saturated carbocycles. The summed E-state index contributed by atoms with van der Waals surface area (Å²) in [7, 11) is -3.80. The molecule has 0 bridgehead atoms. The number of H-pyrrole nitrogens is 1. The molecular weight excluding hydrogens is 470 g/mol. The van der Waals surface area contributed by atoms with E-state index in [9.17, 15) is 18.0 Å². The summed E-state index contributed by atoms with van der Waals surface area (Å²) in [5.74, 6) is 0.108. The standard InChI is InChI=1S/C25H23N3O6S/c29-24-16-22(25(30)28(17-19-7-4-12-34-19)18-5-2-1-3-6-18)21-15-20(8-9-23(21)26-24)35(31,32)27-10-13-33-14-11-27/h1-9,12,15-16H,10-11,13-14,17H2,(H,26,29). The third-order valence-electron chi connectivity index (χ3n) is 5.86. The molecular formula is C25H23N3O6S. The second-order valence-electron chi connectivity index (χ2n) is 8.08. The van der Waals surface area contributed by atoms with Crippen molar-refractivity contribution in [2.24, 2.45) is 0 Å². The number of benzene rings is 2. The Balaban J connectivity index is 1.61. The Hall–Kier alpha value is -3.73. The van der Waals surface area contributed by atoms with Crippen LogP contribution in [0.2, 0.25) is 0 Å². The number of nitrogens with one attached hydrogen (secondary N) is 1. The van der Waals surface area contributed by atoms with Gasteiger partial charge in [-0.3, -0.25) is 9.59 Å². The van der Waals surface area contributed by atoms with Gasteiger partial charge in [0.25, 0.3) is 5.91 Å². The Bertz CT molecular complexity index is 1510. The van der Waals surface area contributed by atoms with Crippen LogP contribution in [0.25, 0.3) is 10.9 Å². The van der Waals surface area contributed by atoms with E-state index in [0.717, 1.165) is 0 Å². The molecule has 3 heterocycles. The first-order chi connectivity index (χ1) is 16.9. The average Bonchev–Trinajstić information content (AvgIpc) is 3.40. The first-order valence-electron chi connectivity index (χ1n) is 11.1. The van der Waals surface area contributed by atoms with Crippen molar-refractivity contribution in [3.63, 3.8) is 0 Å². The number of fused-ring (bicyclic) bond motifs is 1. The van der Waals surface area contributed by atoms with E-state index in [2.05, 4.69) is 4.98 Å². The van der Waals surface area contributed by atoms with Crippen LogP contribution in [0.15, 0.2) is 87.1 Å². The molecule has 1 N–H and O–H groups in total. The predicted molar refractivity (Wildman–Crippen MR) is 130 cm³/mol. The van der Waals surface area contributed by atoms with Gasteiger partial charge in [-0.1, -0.05) is 18.2 Å². The van der Waals surface area contributed by atoms with Gasteiger partial charge in [-0.25, -0.2) is 8.42 Å². The Morgan fingerprint density at radius 1 is 1.00 bits per heavy atom. The number of nitrogens with zero attached hydrogens (tertiary/aromatic N) is 2. The summed E-state index contributed by atoms with van der Waals surface area (Å²) in [6, 6.07) is 18.1. The lowest BCUT2D eigenvalue weighted by Crippen LogP contribution is -2.40. The second-order valence-corrected chi connectivity index (χ2v) is 10.0. The van der Waals surface area contributed by atoms with E-state index in [1.54, 1.807) is 36.4 Å². The van der Waals surface area contributed by atoms with Gasteiger partial charge in [-0.15, -0.1) is 0 Å². The van der Waals surface area contributed by atoms with Gasteiger partial charge >= 0.3 is 0 Å². The number of carbonyl (C=O) groups is 1. The Kier molecular flexibility index (Phi) is 6.25. The molecule has 2 aromatic carbocycles. The maximum Gasteiger partial charge on any atom is 0.259 e. The Labute approximate surface area is 201 Å². The summed E-state index contributed by atoms with van der Waals surface area (Å²) >= 11 is 0. The van der Waals surface area contributed by atoms with Crippen molar-refractivity contribution in [2.45, 2.75) is 11.4 Å². The van der Waals surface area contributed by atoms with Crippen LogP contribution < -0.4 is 10.5 Å². The number of carbonyl (C=O) groups excluding carboxylic acids is 1. The lowest BCUT2D eigenvalue weighted by molar-refractivity contribution is 0.0730. The number of amides is 1. The summed E-state index contributed by atoms with van der Waals surface area (Å²) in [6.07, 6.45) is 1.52. The first-order valence-corrected chi connectivity index (χ1v) is 12.5. The smallest absolute Gasteiger partial charge is 0.259 e. The quantitative estimate of drug-likeness (QED) is 0.442. The molecule has 1 amide bonds. The molecule has 5 rings (SSSR count). The molecule has 0 aliphatic carbocycles. The van der Waals surface area contributed by atoms with Gasteiger partial charge in [0.05, 0.1) is 36.5 Å². The number of rotatable bonds is 6. The molecule has 4 aromatic rings. The molecule has 1 aliphatic rings. The van der Waals surface area contributed by atoms with Gasteiger partial charge in [-0.2, -0.15) is 4.31 Å². The lowest BCUT2D eigenvalue weighted by Gasteiger charge is -2.26. The van der Waals surface area contributed by atoms with Crippen LogP contribution in [0.1, 0.15) is 16.1 Å². The summed E-state index contributed by atoms with van der Waals surface area (Å²) in [5.41, 5.74) is 0.612. The number of para-hydroxylation sites is 1. The zero-order valence-corrected chi connectivity index (χ0v) is 19.5. The second kappa shape index (κ2) is 9.49.